The van der Waals surface area contributed by atoms with Crippen LogP contribution in [0.4, 0.5) is 5.69 Å². The summed E-state index contributed by atoms with van der Waals surface area (Å²) in [5, 5.41) is 0. The minimum Gasteiger partial charge on any atom is -0.497 e. The number of hydrogen-bond acceptors (Lipinski definition) is 6. The van der Waals surface area contributed by atoms with Crippen LogP contribution in [-0.4, -0.2) is 56.2 Å². The SMILES string of the molecule is COc1ccc2c(c1)C(N1CCN(S(=O)(=O)c3cccc(C)c3)C(C)C1)=Nc1ccccc1O2. The molecule has 0 radical (unpaired) electrons. The molecule has 1 unspecified atom stereocenters. The Morgan fingerprint density at radius 1 is 1.00 bits per heavy atom. The molecule has 0 amide bonds. The van der Waals surface area contributed by atoms with Gasteiger partial charge in [0.25, 0.3) is 0 Å². The Balaban J connectivity index is 1.49. The minimum atomic E-state index is -3.59. The zero-order valence-corrected chi connectivity index (χ0v) is 20.2. The molecule has 0 bridgehead atoms. The van der Waals surface area contributed by atoms with E-state index in [1.807, 2.05) is 62.4 Å². The second-order valence-electron chi connectivity index (χ2n) is 8.59. The highest BCUT2D eigenvalue weighted by atomic mass is 32.2. The van der Waals surface area contributed by atoms with E-state index < -0.39 is 10.0 Å². The second kappa shape index (κ2) is 8.77. The van der Waals surface area contributed by atoms with Crippen molar-refractivity contribution in [2.75, 3.05) is 26.7 Å². The van der Waals surface area contributed by atoms with Gasteiger partial charge in [-0.15, -0.1) is 0 Å². The number of amidine groups is 1. The van der Waals surface area contributed by atoms with Gasteiger partial charge in [-0.25, -0.2) is 13.4 Å². The lowest BCUT2D eigenvalue weighted by Gasteiger charge is -2.40. The van der Waals surface area contributed by atoms with Gasteiger partial charge >= 0.3 is 0 Å². The van der Waals surface area contributed by atoms with Gasteiger partial charge in [0.05, 0.1) is 17.6 Å². The van der Waals surface area contributed by atoms with Crippen LogP contribution in [0.25, 0.3) is 0 Å². The summed E-state index contributed by atoms with van der Waals surface area (Å²) >= 11 is 0. The lowest BCUT2D eigenvalue weighted by molar-refractivity contribution is 0.205. The Morgan fingerprint density at radius 2 is 1.82 bits per heavy atom. The molecule has 1 fully saturated rings. The summed E-state index contributed by atoms with van der Waals surface area (Å²) in [4.78, 5) is 7.43. The van der Waals surface area contributed by atoms with Crippen LogP contribution in [0.2, 0.25) is 0 Å². The zero-order valence-electron chi connectivity index (χ0n) is 19.4. The van der Waals surface area contributed by atoms with Gasteiger partial charge in [0.2, 0.25) is 10.0 Å². The average molecular weight is 478 g/mol. The predicted molar refractivity (Wildman–Crippen MR) is 132 cm³/mol. The van der Waals surface area contributed by atoms with Crippen LogP contribution < -0.4 is 9.47 Å². The molecule has 2 aliphatic rings. The van der Waals surface area contributed by atoms with E-state index in [1.165, 1.54) is 0 Å². The fourth-order valence-corrected chi connectivity index (χ4v) is 6.19. The first kappa shape index (κ1) is 22.4. The maximum atomic E-state index is 13.4. The molecule has 2 heterocycles. The van der Waals surface area contributed by atoms with Gasteiger partial charge < -0.3 is 14.4 Å². The van der Waals surface area contributed by atoms with Crippen LogP contribution in [-0.2, 0) is 10.0 Å². The molecule has 176 valence electrons. The van der Waals surface area contributed by atoms with E-state index in [-0.39, 0.29) is 6.04 Å². The molecular weight excluding hydrogens is 450 g/mol. The van der Waals surface area contributed by atoms with Crippen molar-refractivity contribution in [2.45, 2.75) is 24.8 Å². The molecule has 3 aromatic carbocycles. The third kappa shape index (κ3) is 4.03. The van der Waals surface area contributed by atoms with Crippen molar-refractivity contribution in [1.82, 2.24) is 9.21 Å². The fourth-order valence-electron chi connectivity index (χ4n) is 4.47. The van der Waals surface area contributed by atoms with Crippen molar-refractivity contribution in [3.05, 3.63) is 77.9 Å². The lowest BCUT2D eigenvalue weighted by Crippen LogP contribution is -2.55. The second-order valence-corrected chi connectivity index (χ2v) is 10.5. The van der Waals surface area contributed by atoms with Crippen LogP contribution in [0.1, 0.15) is 18.1 Å². The van der Waals surface area contributed by atoms with Crippen molar-refractivity contribution in [3.8, 4) is 17.2 Å². The standard InChI is InChI=1S/C26H27N3O4S/c1-18-7-6-8-21(15-18)34(30,31)29-14-13-28(17-19(29)2)26-22-16-20(32-3)11-12-24(22)33-25-10-5-4-9-23(25)27-26/h4-12,15-16,19H,13-14,17H2,1-3H3. The van der Waals surface area contributed by atoms with Gasteiger partial charge in [0, 0.05) is 25.7 Å². The summed E-state index contributed by atoms with van der Waals surface area (Å²) in [6.07, 6.45) is 0. The highest BCUT2D eigenvalue weighted by Gasteiger charge is 2.36. The number of fused-ring (bicyclic) bond motifs is 2. The summed E-state index contributed by atoms with van der Waals surface area (Å²) in [5.41, 5.74) is 2.47. The minimum absolute atomic E-state index is 0.240. The Hall–Kier alpha value is -3.36. The van der Waals surface area contributed by atoms with E-state index in [9.17, 15) is 8.42 Å². The number of rotatable bonds is 3. The summed E-state index contributed by atoms with van der Waals surface area (Å²) in [6.45, 7) is 5.21. The summed E-state index contributed by atoms with van der Waals surface area (Å²) in [5.74, 6) is 2.82. The Labute approximate surface area is 200 Å². The fraction of sp³-hybridized carbons (Fsp3) is 0.269. The molecule has 0 aromatic heterocycles. The smallest absolute Gasteiger partial charge is 0.243 e. The highest BCUT2D eigenvalue weighted by Crippen LogP contribution is 2.39. The molecule has 2 aliphatic heterocycles. The van der Waals surface area contributed by atoms with Crippen LogP contribution in [0, 0.1) is 6.92 Å². The number of benzene rings is 3. The highest BCUT2D eigenvalue weighted by molar-refractivity contribution is 7.89. The number of aliphatic imine (C=N–C) groups is 1. The van der Waals surface area contributed by atoms with Gasteiger partial charge in [-0.1, -0.05) is 24.3 Å². The Bertz CT molecular complexity index is 1370. The van der Waals surface area contributed by atoms with Gasteiger partial charge in [0.15, 0.2) is 5.75 Å². The summed E-state index contributed by atoms with van der Waals surface area (Å²) in [6, 6.07) is 20.1. The molecule has 1 atom stereocenters. The van der Waals surface area contributed by atoms with Crippen LogP contribution in [0.3, 0.4) is 0 Å². The number of sulfonamides is 1. The van der Waals surface area contributed by atoms with Crippen molar-refractivity contribution >= 4 is 21.5 Å². The third-order valence-corrected chi connectivity index (χ3v) is 8.21. The number of ether oxygens (including phenoxy) is 2. The molecule has 5 rings (SSSR count). The average Bonchev–Trinajstić information content (AvgIpc) is 3.00. The van der Waals surface area contributed by atoms with E-state index in [1.54, 1.807) is 29.6 Å². The predicted octanol–water partition coefficient (Wildman–Crippen LogP) is 4.58. The van der Waals surface area contributed by atoms with Gasteiger partial charge in [-0.05, 0) is 61.9 Å². The molecule has 0 aliphatic carbocycles. The van der Waals surface area contributed by atoms with Crippen LogP contribution >= 0.6 is 0 Å². The molecule has 0 N–H and O–H groups in total. The molecule has 1 saturated heterocycles. The first-order valence-corrected chi connectivity index (χ1v) is 12.7. The largest absolute Gasteiger partial charge is 0.497 e. The first-order chi connectivity index (χ1) is 16.4. The molecule has 8 heteroatoms. The van der Waals surface area contributed by atoms with Crippen molar-refractivity contribution in [2.24, 2.45) is 4.99 Å². The number of para-hydroxylation sites is 2. The monoisotopic (exact) mass is 477 g/mol. The van der Waals surface area contributed by atoms with Crippen LogP contribution in [0.5, 0.6) is 17.2 Å². The number of methoxy groups -OCH3 is 1. The summed E-state index contributed by atoms with van der Waals surface area (Å²) < 4.78 is 40.0. The number of aryl methyl sites for hydroxylation is 1. The molecule has 3 aromatic rings. The summed E-state index contributed by atoms with van der Waals surface area (Å²) in [7, 11) is -1.97. The molecule has 0 saturated carbocycles. The molecular formula is C26H27N3O4S. The van der Waals surface area contributed by atoms with E-state index in [0.717, 1.165) is 22.6 Å². The number of piperazine rings is 1. The van der Waals surface area contributed by atoms with Crippen LogP contribution in [0.15, 0.2) is 76.6 Å². The number of nitrogens with zero attached hydrogens (tertiary/aromatic N) is 3. The van der Waals surface area contributed by atoms with E-state index in [0.29, 0.717) is 41.8 Å². The van der Waals surface area contributed by atoms with Crippen molar-refractivity contribution in [3.63, 3.8) is 0 Å². The topological polar surface area (TPSA) is 71.4 Å². The van der Waals surface area contributed by atoms with E-state index in [4.69, 9.17) is 14.5 Å². The number of hydrogen-bond donors (Lipinski definition) is 0. The lowest BCUT2D eigenvalue weighted by atomic mass is 10.1. The van der Waals surface area contributed by atoms with Gasteiger partial charge in [0.1, 0.15) is 23.0 Å². The Kier molecular flexibility index (Phi) is 5.79. The van der Waals surface area contributed by atoms with Gasteiger partial charge in [-0.3, -0.25) is 0 Å². The molecule has 7 nitrogen and oxygen atoms in total. The van der Waals surface area contributed by atoms with Crippen molar-refractivity contribution in [1.29, 1.82) is 0 Å². The maximum absolute atomic E-state index is 13.4. The molecule has 0 spiro atoms. The molecule has 34 heavy (non-hydrogen) atoms. The van der Waals surface area contributed by atoms with Gasteiger partial charge in [-0.2, -0.15) is 4.31 Å². The zero-order chi connectivity index (χ0) is 23.9. The van der Waals surface area contributed by atoms with E-state index in [2.05, 4.69) is 4.90 Å². The maximum Gasteiger partial charge on any atom is 0.243 e. The quantitative estimate of drug-likeness (QED) is 0.552. The third-order valence-electron chi connectivity index (χ3n) is 6.20. The van der Waals surface area contributed by atoms with E-state index >= 15 is 0 Å². The Morgan fingerprint density at radius 3 is 2.59 bits per heavy atom. The first-order valence-electron chi connectivity index (χ1n) is 11.2. The normalized spacial score (nSPS) is 18.3. The van der Waals surface area contributed by atoms with Crippen molar-refractivity contribution < 1.29 is 17.9 Å².